The molecule has 2 aromatic carbocycles. The van der Waals surface area contributed by atoms with Gasteiger partial charge in [0.25, 0.3) is 5.56 Å². The van der Waals surface area contributed by atoms with Crippen LogP contribution in [0.15, 0.2) is 58.5 Å². The molecule has 9 heteroatoms. The summed E-state index contributed by atoms with van der Waals surface area (Å²) >= 11 is 1.15. The van der Waals surface area contributed by atoms with E-state index in [1.807, 2.05) is 25.1 Å². The molecule has 0 saturated heterocycles. The molecular weight excluding hydrogens is 404 g/mol. The van der Waals surface area contributed by atoms with Crippen molar-refractivity contribution in [3.63, 3.8) is 0 Å². The summed E-state index contributed by atoms with van der Waals surface area (Å²) in [4.78, 5) is 27.9. The number of anilines is 1. The van der Waals surface area contributed by atoms with Crippen molar-refractivity contribution in [1.82, 2.24) is 15.2 Å². The van der Waals surface area contributed by atoms with Crippen molar-refractivity contribution in [2.24, 2.45) is 0 Å². The lowest BCUT2D eigenvalue weighted by Crippen LogP contribution is -2.26. The van der Waals surface area contributed by atoms with Gasteiger partial charge < -0.3 is 14.8 Å². The van der Waals surface area contributed by atoms with Gasteiger partial charge in [0.1, 0.15) is 11.5 Å². The molecule has 156 valence electrons. The second-order valence-corrected chi connectivity index (χ2v) is 7.44. The summed E-state index contributed by atoms with van der Waals surface area (Å²) in [7, 11) is 3.08. The molecule has 1 aromatic heterocycles. The van der Waals surface area contributed by atoms with E-state index in [1.165, 1.54) is 7.11 Å². The number of carbonyl (C=O) groups is 1. The van der Waals surface area contributed by atoms with E-state index in [4.69, 9.17) is 9.47 Å². The molecule has 1 heterocycles. The van der Waals surface area contributed by atoms with Crippen molar-refractivity contribution < 1.29 is 14.3 Å². The SMILES string of the molecule is CCC(Sc1nnc(-c2ccccc2)c(=O)[nH]1)C(=O)Nc1ccc(OC)cc1OC. The molecule has 30 heavy (non-hydrogen) atoms. The number of carbonyl (C=O) groups excluding carboxylic acids is 1. The minimum Gasteiger partial charge on any atom is -0.497 e. The predicted molar refractivity (Wildman–Crippen MR) is 116 cm³/mol. The van der Waals surface area contributed by atoms with E-state index in [1.54, 1.807) is 37.4 Å². The van der Waals surface area contributed by atoms with Crippen LogP contribution in [0, 0.1) is 0 Å². The van der Waals surface area contributed by atoms with Crippen LogP contribution in [0.3, 0.4) is 0 Å². The number of nitrogens with one attached hydrogen (secondary N) is 2. The normalized spacial score (nSPS) is 11.6. The number of hydrogen-bond donors (Lipinski definition) is 2. The van der Waals surface area contributed by atoms with Gasteiger partial charge in [-0.25, -0.2) is 0 Å². The maximum absolute atomic E-state index is 12.8. The Morgan fingerprint density at radius 1 is 1.13 bits per heavy atom. The highest BCUT2D eigenvalue weighted by molar-refractivity contribution is 8.00. The molecule has 1 atom stereocenters. The molecule has 8 nitrogen and oxygen atoms in total. The van der Waals surface area contributed by atoms with Crippen LogP contribution in [0.1, 0.15) is 13.3 Å². The molecule has 3 aromatic rings. The van der Waals surface area contributed by atoms with Crippen LogP contribution in [0.4, 0.5) is 5.69 Å². The molecule has 1 amide bonds. The first-order valence-corrected chi connectivity index (χ1v) is 10.2. The van der Waals surface area contributed by atoms with E-state index < -0.39 is 5.25 Å². The molecule has 0 aliphatic heterocycles. The largest absolute Gasteiger partial charge is 0.497 e. The van der Waals surface area contributed by atoms with Gasteiger partial charge in [0.15, 0.2) is 10.9 Å². The number of aromatic amines is 1. The number of nitrogens with zero attached hydrogens (tertiary/aromatic N) is 2. The van der Waals surface area contributed by atoms with E-state index >= 15 is 0 Å². The zero-order valence-corrected chi connectivity index (χ0v) is 17.7. The molecule has 2 N–H and O–H groups in total. The maximum atomic E-state index is 12.8. The van der Waals surface area contributed by atoms with E-state index in [2.05, 4.69) is 20.5 Å². The van der Waals surface area contributed by atoms with Gasteiger partial charge in [-0.3, -0.25) is 14.6 Å². The number of aromatic nitrogens is 3. The number of amides is 1. The molecule has 0 spiro atoms. The smallest absolute Gasteiger partial charge is 0.278 e. The van der Waals surface area contributed by atoms with Crippen LogP contribution >= 0.6 is 11.8 Å². The summed E-state index contributed by atoms with van der Waals surface area (Å²) in [5.74, 6) is 0.876. The van der Waals surface area contributed by atoms with Gasteiger partial charge in [0.2, 0.25) is 5.91 Å². The first kappa shape index (κ1) is 21.4. The third-order valence-corrected chi connectivity index (χ3v) is 5.55. The Labute approximate surface area is 178 Å². The fraction of sp³-hybridized carbons (Fsp3) is 0.238. The number of hydrogen-bond acceptors (Lipinski definition) is 7. The molecule has 3 rings (SSSR count). The minimum absolute atomic E-state index is 0.235. The Bertz CT molecular complexity index is 1070. The average molecular weight is 426 g/mol. The number of H-pyrrole nitrogens is 1. The molecule has 0 aliphatic rings. The van der Waals surface area contributed by atoms with Gasteiger partial charge in [0.05, 0.1) is 25.2 Å². The third kappa shape index (κ3) is 4.98. The highest BCUT2D eigenvalue weighted by Gasteiger charge is 2.21. The predicted octanol–water partition coefficient (Wildman–Crippen LogP) is 3.36. The molecule has 1 unspecified atom stereocenters. The third-order valence-electron chi connectivity index (χ3n) is 4.31. The van der Waals surface area contributed by atoms with Crippen LogP contribution in [-0.2, 0) is 4.79 Å². The molecule has 0 fully saturated rings. The Morgan fingerprint density at radius 2 is 1.90 bits per heavy atom. The summed E-state index contributed by atoms with van der Waals surface area (Å²) in [6.45, 7) is 1.88. The fourth-order valence-electron chi connectivity index (χ4n) is 2.73. The highest BCUT2D eigenvalue weighted by Crippen LogP contribution is 2.30. The molecule has 0 radical (unpaired) electrons. The fourth-order valence-corrected chi connectivity index (χ4v) is 3.57. The Balaban J connectivity index is 1.74. The highest BCUT2D eigenvalue weighted by atomic mass is 32.2. The van der Waals surface area contributed by atoms with Crippen molar-refractivity contribution >= 4 is 23.4 Å². The van der Waals surface area contributed by atoms with Gasteiger partial charge in [-0.2, -0.15) is 0 Å². The number of benzene rings is 2. The number of methoxy groups -OCH3 is 2. The van der Waals surface area contributed by atoms with Gasteiger partial charge in [-0.15, -0.1) is 10.2 Å². The minimum atomic E-state index is -0.482. The Hall–Kier alpha value is -3.33. The zero-order valence-electron chi connectivity index (χ0n) is 16.8. The first-order chi connectivity index (χ1) is 14.5. The molecular formula is C21H22N4O4S. The van der Waals surface area contributed by atoms with E-state index in [9.17, 15) is 9.59 Å². The summed E-state index contributed by atoms with van der Waals surface area (Å²) < 4.78 is 10.5. The average Bonchev–Trinajstić information content (AvgIpc) is 2.78. The first-order valence-electron chi connectivity index (χ1n) is 9.27. The van der Waals surface area contributed by atoms with Crippen LogP contribution in [-0.4, -0.2) is 40.6 Å². The second kappa shape index (κ2) is 9.93. The lowest BCUT2D eigenvalue weighted by Gasteiger charge is -2.16. The van der Waals surface area contributed by atoms with Crippen LogP contribution in [0.2, 0.25) is 0 Å². The van der Waals surface area contributed by atoms with Gasteiger partial charge in [0, 0.05) is 11.6 Å². The maximum Gasteiger partial charge on any atom is 0.278 e. The van der Waals surface area contributed by atoms with Gasteiger partial charge in [-0.1, -0.05) is 49.0 Å². The summed E-state index contributed by atoms with van der Waals surface area (Å²) in [6.07, 6.45) is 0.527. The van der Waals surface area contributed by atoms with Crippen molar-refractivity contribution in [2.75, 3.05) is 19.5 Å². The van der Waals surface area contributed by atoms with Crippen molar-refractivity contribution in [2.45, 2.75) is 23.8 Å². The van der Waals surface area contributed by atoms with Crippen LogP contribution in [0.5, 0.6) is 11.5 Å². The summed E-state index contributed by atoms with van der Waals surface area (Å²) in [6, 6.07) is 14.2. The number of thioether (sulfide) groups is 1. The van der Waals surface area contributed by atoms with E-state index in [-0.39, 0.29) is 22.3 Å². The lowest BCUT2D eigenvalue weighted by molar-refractivity contribution is -0.115. The topological polar surface area (TPSA) is 106 Å². The number of rotatable bonds is 8. The van der Waals surface area contributed by atoms with Gasteiger partial charge in [-0.05, 0) is 18.6 Å². The lowest BCUT2D eigenvalue weighted by atomic mass is 10.2. The standard InChI is InChI=1S/C21H22N4O4S/c1-4-17(19(26)22-15-11-10-14(28-2)12-16(15)29-3)30-21-23-20(27)18(24-25-21)13-8-6-5-7-9-13/h5-12,17H,4H2,1-3H3,(H,22,26)(H,23,25,27). The monoisotopic (exact) mass is 426 g/mol. The molecule has 0 bridgehead atoms. The van der Waals surface area contributed by atoms with Crippen molar-refractivity contribution in [3.05, 3.63) is 58.9 Å². The van der Waals surface area contributed by atoms with E-state index in [0.717, 1.165) is 11.8 Å². The summed E-state index contributed by atoms with van der Waals surface area (Å²) in [5.41, 5.74) is 1.09. The van der Waals surface area contributed by atoms with E-state index in [0.29, 0.717) is 29.2 Å². The zero-order chi connectivity index (χ0) is 21.5. The van der Waals surface area contributed by atoms with Gasteiger partial charge >= 0.3 is 0 Å². The summed E-state index contributed by atoms with van der Waals surface area (Å²) in [5, 5.41) is 10.8. The van der Waals surface area contributed by atoms with Crippen LogP contribution < -0.4 is 20.3 Å². The quantitative estimate of drug-likeness (QED) is 0.532. The molecule has 0 aliphatic carbocycles. The Morgan fingerprint density at radius 3 is 2.53 bits per heavy atom. The van der Waals surface area contributed by atoms with Crippen molar-refractivity contribution in [3.8, 4) is 22.8 Å². The van der Waals surface area contributed by atoms with Crippen LogP contribution in [0.25, 0.3) is 11.3 Å². The Kier molecular flexibility index (Phi) is 7.08. The molecule has 0 saturated carbocycles. The second-order valence-electron chi connectivity index (χ2n) is 6.24. The number of ether oxygens (including phenoxy) is 2. The van der Waals surface area contributed by atoms with Crippen molar-refractivity contribution in [1.29, 1.82) is 0 Å².